The van der Waals surface area contributed by atoms with Crippen LogP contribution in [0.25, 0.3) is 0 Å². The van der Waals surface area contributed by atoms with Gasteiger partial charge in [0.05, 0.1) is 0 Å². The molecule has 0 atom stereocenters. The van der Waals surface area contributed by atoms with Gasteiger partial charge in [0.1, 0.15) is 0 Å². The number of benzene rings is 3. The second-order valence-corrected chi connectivity index (χ2v) is 7.06. The average Bonchev–Trinajstić information content (AvgIpc) is 2.61. The normalized spacial score (nSPS) is 10.8. The summed E-state index contributed by atoms with van der Waals surface area (Å²) >= 11 is 0. The Morgan fingerprint density at radius 1 is 0.600 bits per heavy atom. The topological polar surface area (TPSA) is 0 Å². The molecule has 0 aliphatic rings. The van der Waals surface area contributed by atoms with Gasteiger partial charge in [-0.05, 0) is 72.1 Å². The van der Waals surface area contributed by atoms with E-state index >= 15 is 0 Å². The molecule has 0 fully saturated rings. The maximum Gasteiger partial charge on any atom is -0.00204 e. The molecule has 0 aliphatic carbocycles. The first-order chi connectivity index (χ1) is 12.2. The summed E-state index contributed by atoms with van der Waals surface area (Å²) in [5, 5.41) is 0. The van der Waals surface area contributed by atoms with Crippen LogP contribution in [0.15, 0.2) is 66.7 Å². The first kappa shape index (κ1) is 17.5. The Morgan fingerprint density at radius 2 is 1.20 bits per heavy atom. The molecule has 0 aromatic heterocycles. The Labute approximate surface area is 152 Å². The van der Waals surface area contributed by atoms with Crippen LogP contribution in [0.5, 0.6) is 0 Å². The number of rotatable bonds is 6. The first-order valence-corrected chi connectivity index (χ1v) is 9.37. The molecule has 0 radical (unpaired) electrons. The highest BCUT2D eigenvalue weighted by Gasteiger charge is 2.08. The SMILES string of the molecule is CCCc1cc(Cc2ccccc2C)ccc1Cc1ccccc1C. The predicted octanol–water partition coefficient (Wildman–Crippen LogP) is 6.44. The van der Waals surface area contributed by atoms with Gasteiger partial charge in [0.2, 0.25) is 0 Å². The Kier molecular flexibility index (Phi) is 5.71. The molecule has 0 spiro atoms. The molecule has 3 aromatic carbocycles. The van der Waals surface area contributed by atoms with Crippen molar-refractivity contribution in [1.29, 1.82) is 0 Å². The molecule has 0 unspecified atom stereocenters. The van der Waals surface area contributed by atoms with Crippen molar-refractivity contribution >= 4 is 0 Å². The Bertz CT molecular complexity index is 842. The monoisotopic (exact) mass is 328 g/mol. The molecule has 128 valence electrons. The molecule has 0 N–H and O–H groups in total. The van der Waals surface area contributed by atoms with Crippen molar-refractivity contribution < 1.29 is 0 Å². The zero-order valence-corrected chi connectivity index (χ0v) is 15.7. The van der Waals surface area contributed by atoms with Gasteiger partial charge in [-0.15, -0.1) is 0 Å². The van der Waals surface area contributed by atoms with E-state index in [-0.39, 0.29) is 0 Å². The third-order valence-corrected chi connectivity index (χ3v) is 5.09. The fourth-order valence-electron chi connectivity index (χ4n) is 3.51. The minimum absolute atomic E-state index is 1.02. The Balaban J connectivity index is 1.88. The first-order valence-electron chi connectivity index (χ1n) is 9.37. The van der Waals surface area contributed by atoms with Gasteiger partial charge in [0.25, 0.3) is 0 Å². The maximum atomic E-state index is 2.43. The molecule has 25 heavy (non-hydrogen) atoms. The van der Waals surface area contributed by atoms with E-state index in [1.165, 1.54) is 45.4 Å². The molecule has 0 saturated carbocycles. The van der Waals surface area contributed by atoms with Crippen LogP contribution in [0.3, 0.4) is 0 Å². The molecule has 3 aromatic rings. The summed E-state index contributed by atoms with van der Waals surface area (Å²) in [7, 11) is 0. The number of hydrogen-bond acceptors (Lipinski definition) is 0. The zero-order valence-electron chi connectivity index (χ0n) is 15.7. The van der Waals surface area contributed by atoms with Crippen LogP contribution < -0.4 is 0 Å². The van der Waals surface area contributed by atoms with Gasteiger partial charge in [-0.2, -0.15) is 0 Å². The van der Waals surface area contributed by atoms with Gasteiger partial charge >= 0.3 is 0 Å². The van der Waals surface area contributed by atoms with Crippen LogP contribution in [-0.2, 0) is 19.3 Å². The van der Waals surface area contributed by atoms with E-state index in [0.717, 1.165) is 19.3 Å². The second-order valence-electron chi connectivity index (χ2n) is 7.06. The number of hydrogen-bond donors (Lipinski definition) is 0. The lowest BCUT2D eigenvalue weighted by Gasteiger charge is -2.14. The molecular formula is C25H28. The van der Waals surface area contributed by atoms with E-state index in [9.17, 15) is 0 Å². The summed E-state index contributed by atoms with van der Waals surface area (Å²) in [4.78, 5) is 0. The molecule has 0 aliphatic heterocycles. The van der Waals surface area contributed by atoms with Crippen LogP contribution in [0.1, 0.15) is 52.3 Å². The molecule has 0 amide bonds. The van der Waals surface area contributed by atoms with Gasteiger partial charge < -0.3 is 0 Å². The van der Waals surface area contributed by atoms with Gasteiger partial charge in [-0.25, -0.2) is 0 Å². The average molecular weight is 328 g/mol. The van der Waals surface area contributed by atoms with E-state index in [2.05, 4.69) is 87.5 Å². The van der Waals surface area contributed by atoms with Crippen molar-refractivity contribution in [3.8, 4) is 0 Å². The van der Waals surface area contributed by atoms with Crippen molar-refractivity contribution in [1.82, 2.24) is 0 Å². The highest BCUT2D eigenvalue weighted by atomic mass is 14.1. The van der Waals surface area contributed by atoms with Gasteiger partial charge in [-0.3, -0.25) is 0 Å². The predicted molar refractivity (Wildman–Crippen MR) is 108 cm³/mol. The summed E-state index contributed by atoms with van der Waals surface area (Å²) in [5.74, 6) is 0. The summed E-state index contributed by atoms with van der Waals surface area (Å²) < 4.78 is 0. The van der Waals surface area contributed by atoms with Gasteiger partial charge in [0.15, 0.2) is 0 Å². The molecule has 0 saturated heterocycles. The standard InChI is InChI=1S/C25H28/c1-4-9-24-17-21(16-22-12-7-5-10-19(22)2)14-15-25(24)18-23-13-8-6-11-20(23)3/h5-8,10-15,17H,4,9,16,18H2,1-3H3. The lowest BCUT2D eigenvalue weighted by Crippen LogP contribution is -2.00. The molecule has 0 nitrogen and oxygen atoms in total. The smallest absolute Gasteiger partial charge is 0.00204 e. The minimum atomic E-state index is 1.02. The molecule has 3 rings (SSSR count). The molecule has 0 bridgehead atoms. The lowest BCUT2D eigenvalue weighted by molar-refractivity contribution is 0.899. The van der Waals surface area contributed by atoms with Gasteiger partial charge in [-0.1, -0.05) is 80.1 Å². The molecule has 0 heterocycles. The zero-order chi connectivity index (χ0) is 17.6. The van der Waals surface area contributed by atoms with E-state index in [1.54, 1.807) is 0 Å². The van der Waals surface area contributed by atoms with Crippen LogP contribution in [0.2, 0.25) is 0 Å². The van der Waals surface area contributed by atoms with Crippen molar-refractivity contribution in [2.75, 3.05) is 0 Å². The fraction of sp³-hybridized carbons (Fsp3) is 0.280. The van der Waals surface area contributed by atoms with Crippen molar-refractivity contribution in [2.24, 2.45) is 0 Å². The maximum absolute atomic E-state index is 2.43. The molecule has 0 heteroatoms. The van der Waals surface area contributed by atoms with Crippen LogP contribution in [0.4, 0.5) is 0 Å². The quantitative estimate of drug-likeness (QED) is 0.488. The fourth-order valence-corrected chi connectivity index (χ4v) is 3.51. The van der Waals surface area contributed by atoms with Crippen molar-refractivity contribution in [3.63, 3.8) is 0 Å². The van der Waals surface area contributed by atoms with Crippen LogP contribution in [0, 0.1) is 13.8 Å². The summed E-state index contributed by atoms with van der Waals surface area (Å²) in [6, 6.07) is 24.5. The largest absolute Gasteiger partial charge is 0.0651 e. The third-order valence-electron chi connectivity index (χ3n) is 5.09. The Morgan fingerprint density at radius 3 is 1.80 bits per heavy atom. The van der Waals surface area contributed by atoms with Crippen molar-refractivity contribution in [3.05, 3.63) is 106 Å². The van der Waals surface area contributed by atoms with E-state index in [0.29, 0.717) is 0 Å². The van der Waals surface area contributed by atoms with E-state index in [4.69, 9.17) is 0 Å². The van der Waals surface area contributed by atoms with Crippen LogP contribution >= 0.6 is 0 Å². The van der Waals surface area contributed by atoms with Crippen molar-refractivity contribution in [2.45, 2.75) is 46.5 Å². The summed E-state index contributed by atoms with van der Waals surface area (Å²) in [5.41, 5.74) is 10.0. The third kappa shape index (κ3) is 4.39. The number of aryl methyl sites for hydroxylation is 3. The highest BCUT2D eigenvalue weighted by molar-refractivity contribution is 5.40. The highest BCUT2D eigenvalue weighted by Crippen LogP contribution is 2.22. The summed E-state index contributed by atoms with van der Waals surface area (Å²) in [6.45, 7) is 6.68. The molecular weight excluding hydrogens is 300 g/mol. The van der Waals surface area contributed by atoms with Crippen LogP contribution in [-0.4, -0.2) is 0 Å². The van der Waals surface area contributed by atoms with E-state index in [1.807, 2.05) is 0 Å². The second kappa shape index (κ2) is 8.16. The van der Waals surface area contributed by atoms with Gasteiger partial charge in [0, 0.05) is 0 Å². The summed E-state index contributed by atoms with van der Waals surface area (Å²) in [6.07, 6.45) is 4.40. The lowest BCUT2D eigenvalue weighted by atomic mass is 9.91. The van der Waals surface area contributed by atoms with E-state index < -0.39 is 0 Å². The minimum Gasteiger partial charge on any atom is -0.0651 e. The Hall–Kier alpha value is -2.34.